The molecule has 1 aliphatic rings. The zero-order valence-corrected chi connectivity index (χ0v) is 38.5. The molecule has 1 saturated heterocycles. The Morgan fingerprint density at radius 1 is 0.738 bits per heavy atom. The predicted octanol–water partition coefficient (Wildman–Crippen LogP) is 7.08. The van der Waals surface area contributed by atoms with Crippen LogP contribution in [0.2, 0.25) is 0 Å². The maximum Gasteiger partial charge on any atom is 0.472 e. The second kappa shape index (κ2) is 33.9. The lowest BCUT2D eigenvalue weighted by Crippen LogP contribution is -2.43. The summed E-state index contributed by atoms with van der Waals surface area (Å²) in [5, 5.41) is 40.7. The topological polar surface area (TPSA) is 265 Å². The van der Waals surface area contributed by atoms with Crippen LogP contribution >= 0.6 is 15.6 Å². The van der Waals surface area contributed by atoms with Crippen molar-refractivity contribution in [3.05, 3.63) is 24.3 Å². The molecule has 0 radical (unpaired) electrons. The summed E-state index contributed by atoms with van der Waals surface area (Å²) in [6, 6.07) is 0. The number of hydrogen-bond donors (Lipinski definition) is 7. The van der Waals surface area contributed by atoms with E-state index in [0.29, 0.717) is 32.1 Å². The van der Waals surface area contributed by atoms with Crippen molar-refractivity contribution >= 4 is 27.6 Å². The van der Waals surface area contributed by atoms with Gasteiger partial charge in [-0.15, -0.1) is 0 Å². The summed E-state index contributed by atoms with van der Waals surface area (Å²) in [7, 11) is -9.78. The number of aliphatic hydroxyl groups excluding tert-OH is 4. The molecule has 0 aromatic carbocycles. The Morgan fingerprint density at radius 2 is 1.33 bits per heavy atom. The van der Waals surface area contributed by atoms with E-state index >= 15 is 0 Å². The number of aliphatic hydroxyl groups is 4. The lowest BCUT2D eigenvalue weighted by molar-refractivity contribution is -0.199. The van der Waals surface area contributed by atoms with E-state index in [1.54, 1.807) is 12.2 Å². The van der Waals surface area contributed by atoms with Gasteiger partial charge in [-0.3, -0.25) is 23.2 Å². The molecule has 17 nitrogen and oxygen atoms in total. The first-order valence-electron chi connectivity index (χ1n) is 22.3. The van der Waals surface area contributed by atoms with E-state index < -0.39 is 90.8 Å². The largest absolute Gasteiger partial charge is 0.472 e. The Bertz CT molecular complexity index is 1310. The van der Waals surface area contributed by atoms with Gasteiger partial charge in [0, 0.05) is 25.2 Å². The fourth-order valence-electron chi connectivity index (χ4n) is 6.57. The molecule has 0 bridgehead atoms. The van der Waals surface area contributed by atoms with Crippen molar-refractivity contribution in [1.82, 2.24) is 0 Å². The molecule has 1 fully saturated rings. The summed E-state index contributed by atoms with van der Waals surface area (Å²) in [6.45, 7) is 3.62. The normalized spacial score (nSPS) is 21.2. The SMILES string of the molecule is CCCCC[C@H](O)/C=C/[C@H]1OC(O)C[C@H](O)[C@@H]1C/C=C\CCCC(=O)O[C@H](COC(=O)CCCCCCCCCCCCC(C)C)COP(=O)(O)OC[C@@H](O)COP(=O)(O)O. The Morgan fingerprint density at radius 3 is 1.97 bits per heavy atom. The third kappa shape index (κ3) is 32.7. The van der Waals surface area contributed by atoms with Crippen LogP contribution < -0.4 is 0 Å². The standard InChI is InChI=1S/C42H78O17P2/c1-4-5-16-22-34(43)26-27-39-37(38(45)28-42(48)59-39)23-18-14-15-20-25-41(47)58-36(32-57-61(52,53)56-30-35(44)29-55-60(49,50)51)31-54-40(46)24-19-13-11-9-7-6-8-10-12-17-21-33(2)3/h14,18,26-27,33-39,42-45,48H,4-13,15-17,19-25,28-32H2,1-3H3,(H,52,53)(H2,49,50,51)/b18-14-,27-26+/t34-,35-,36+,37-,38-,39+,42?/m0/s1. The number of ether oxygens (including phenoxy) is 3. The van der Waals surface area contributed by atoms with E-state index in [0.717, 1.165) is 50.9 Å². The highest BCUT2D eigenvalue weighted by Crippen LogP contribution is 2.44. The van der Waals surface area contributed by atoms with Crippen molar-refractivity contribution in [1.29, 1.82) is 0 Å². The lowest BCUT2D eigenvalue weighted by Gasteiger charge is -2.36. The molecule has 19 heteroatoms. The van der Waals surface area contributed by atoms with Gasteiger partial charge in [0.15, 0.2) is 12.4 Å². The smallest absolute Gasteiger partial charge is 0.462 e. The summed E-state index contributed by atoms with van der Waals surface area (Å²) in [5.41, 5.74) is 0. The van der Waals surface area contributed by atoms with Crippen LogP contribution in [0.3, 0.4) is 0 Å². The molecule has 0 aliphatic carbocycles. The first-order valence-corrected chi connectivity index (χ1v) is 25.3. The van der Waals surface area contributed by atoms with Crippen molar-refractivity contribution in [3.63, 3.8) is 0 Å². The number of esters is 2. The van der Waals surface area contributed by atoms with Gasteiger partial charge in [-0.1, -0.05) is 129 Å². The van der Waals surface area contributed by atoms with Crippen molar-refractivity contribution in [3.8, 4) is 0 Å². The van der Waals surface area contributed by atoms with E-state index in [4.69, 9.17) is 28.5 Å². The number of unbranched alkanes of at least 4 members (excludes halogenated alkanes) is 12. The lowest BCUT2D eigenvalue weighted by atomic mass is 9.87. The molecule has 7 N–H and O–H groups in total. The maximum atomic E-state index is 12.8. The molecule has 0 spiro atoms. The average Bonchev–Trinajstić information content (AvgIpc) is 3.18. The summed E-state index contributed by atoms with van der Waals surface area (Å²) in [5.74, 6) is -0.836. The maximum absolute atomic E-state index is 12.8. The van der Waals surface area contributed by atoms with Crippen molar-refractivity contribution < 1.29 is 81.6 Å². The average molecular weight is 917 g/mol. The minimum atomic E-state index is -4.90. The van der Waals surface area contributed by atoms with Crippen LogP contribution in [-0.4, -0.2) is 110 Å². The molecular formula is C42H78O17P2. The Labute approximate surface area is 363 Å². The van der Waals surface area contributed by atoms with Crippen molar-refractivity contribution in [2.75, 3.05) is 26.4 Å². The molecule has 1 rings (SSSR count). The highest BCUT2D eigenvalue weighted by Gasteiger charge is 2.35. The minimum Gasteiger partial charge on any atom is -0.462 e. The van der Waals surface area contributed by atoms with Crippen LogP contribution in [0.1, 0.15) is 156 Å². The molecule has 8 atom stereocenters. The van der Waals surface area contributed by atoms with Gasteiger partial charge in [0.05, 0.1) is 38.1 Å². The molecule has 1 heterocycles. The fraction of sp³-hybridized carbons (Fsp3) is 0.857. The number of hydrogen-bond acceptors (Lipinski definition) is 14. The zero-order chi connectivity index (χ0) is 45.5. The summed E-state index contributed by atoms with van der Waals surface area (Å²) >= 11 is 0. The van der Waals surface area contributed by atoms with E-state index in [1.165, 1.54) is 38.5 Å². The summed E-state index contributed by atoms with van der Waals surface area (Å²) in [6.07, 6.45) is 18.0. The van der Waals surface area contributed by atoms with Crippen LogP contribution in [-0.2, 0) is 46.5 Å². The number of carbonyl (C=O) groups is 2. The van der Waals surface area contributed by atoms with Gasteiger partial charge in [-0.05, 0) is 38.0 Å². The van der Waals surface area contributed by atoms with Crippen molar-refractivity contribution in [2.24, 2.45) is 11.8 Å². The van der Waals surface area contributed by atoms with Gasteiger partial charge in [0.1, 0.15) is 12.7 Å². The fourth-order valence-corrected chi connectivity index (χ4v) is 7.73. The van der Waals surface area contributed by atoms with Gasteiger partial charge in [-0.2, -0.15) is 0 Å². The number of phosphoric ester groups is 2. The van der Waals surface area contributed by atoms with E-state index in [-0.39, 0.29) is 25.2 Å². The number of rotatable bonds is 37. The highest BCUT2D eigenvalue weighted by atomic mass is 31.2. The Kier molecular flexibility index (Phi) is 31.9. The van der Waals surface area contributed by atoms with Crippen LogP contribution in [0.4, 0.5) is 0 Å². The molecule has 0 saturated carbocycles. The molecule has 61 heavy (non-hydrogen) atoms. The molecule has 0 aromatic heterocycles. The third-order valence-electron chi connectivity index (χ3n) is 10.1. The molecule has 1 aliphatic heterocycles. The predicted molar refractivity (Wildman–Crippen MR) is 229 cm³/mol. The van der Waals surface area contributed by atoms with Crippen LogP contribution in [0.25, 0.3) is 0 Å². The van der Waals surface area contributed by atoms with Crippen LogP contribution in [0.5, 0.6) is 0 Å². The summed E-state index contributed by atoms with van der Waals surface area (Å²) in [4.78, 5) is 52.9. The molecule has 0 amide bonds. The monoisotopic (exact) mass is 916 g/mol. The Hall–Kier alpha value is -1.56. The molecular weight excluding hydrogens is 838 g/mol. The van der Waals surface area contributed by atoms with Gasteiger partial charge in [0.25, 0.3) is 0 Å². The van der Waals surface area contributed by atoms with Crippen LogP contribution in [0, 0.1) is 11.8 Å². The molecule has 2 unspecified atom stereocenters. The van der Waals surface area contributed by atoms with Gasteiger partial charge < -0.3 is 49.3 Å². The third-order valence-corrected chi connectivity index (χ3v) is 11.5. The number of allylic oxidation sites excluding steroid dienone is 2. The second-order valence-electron chi connectivity index (χ2n) is 16.3. The zero-order valence-electron chi connectivity index (χ0n) is 36.7. The van der Waals surface area contributed by atoms with E-state index in [2.05, 4.69) is 29.8 Å². The quantitative estimate of drug-likeness (QED) is 0.0142. The van der Waals surface area contributed by atoms with Crippen LogP contribution in [0.15, 0.2) is 24.3 Å². The van der Waals surface area contributed by atoms with Crippen molar-refractivity contribution in [2.45, 2.75) is 192 Å². The second-order valence-corrected chi connectivity index (χ2v) is 19.0. The van der Waals surface area contributed by atoms with Gasteiger partial charge >= 0.3 is 27.6 Å². The summed E-state index contributed by atoms with van der Waals surface area (Å²) < 4.78 is 53.4. The van der Waals surface area contributed by atoms with Gasteiger partial charge in [0.2, 0.25) is 0 Å². The minimum absolute atomic E-state index is 0.0567. The van der Waals surface area contributed by atoms with Gasteiger partial charge in [-0.25, -0.2) is 9.13 Å². The number of phosphoric acid groups is 2. The highest BCUT2D eigenvalue weighted by molar-refractivity contribution is 7.47. The molecule has 358 valence electrons. The Balaban J connectivity index is 2.62. The first kappa shape index (κ1) is 57.5. The first-order chi connectivity index (χ1) is 28.9. The molecule has 0 aromatic rings. The van der Waals surface area contributed by atoms with E-state index in [9.17, 15) is 44.0 Å². The number of carbonyl (C=O) groups excluding carboxylic acids is 2. The van der Waals surface area contributed by atoms with E-state index in [1.807, 2.05) is 12.2 Å².